The molecule has 0 bridgehead atoms. The maximum atomic E-state index is 14.6. The second kappa shape index (κ2) is 18.5. The number of aliphatic hydroxyl groups excluding tert-OH is 10. The Morgan fingerprint density at radius 2 is 1.39 bits per heavy atom. The Balaban J connectivity index is 0.861. The molecular formula is C45H72O19. The van der Waals surface area contributed by atoms with Crippen molar-refractivity contribution in [2.45, 2.75) is 196 Å². The first kappa shape index (κ1) is 49.1. The summed E-state index contributed by atoms with van der Waals surface area (Å²) in [6, 6.07) is 0. The standard InChI is InChI=1S/C45H72O19/c1-18(17-58-40-36(54)33(51)31(49)27(15-46)61-40)8-11-45(57)19(2)30-26(64-45)13-25-23-7-6-21-12-22(9-10-43(21,4)24(23)14-29(48)44(25,30)5)60-41-38(56)35(53)39(20(3)59-41)63-42-37(55)34(52)32(50)28(16-47)62-42/h6,18-20,22-28,30-42,46-47,49-57H,7-17H2,1-5H3/t18-,19-,20+,22-,23-,24+,25-,26+,27+,28+,30+,31+,32+,33-,34-,35+,36+,37+,38+,39-,40+,41-,42-,43-,44+,45+/m0/s1. The molecule has 11 N–H and O–H groups in total. The minimum absolute atomic E-state index is 0.0714. The zero-order valence-electron chi connectivity index (χ0n) is 37.3. The van der Waals surface area contributed by atoms with E-state index < -0.39 is 117 Å². The van der Waals surface area contributed by atoms with Crippen LogP contribution in [0.4, 0.5) is 0 Å². The van der Waals surface area contributed by atoms with E-state index in [4.69, 9.17) is 33.2 Å². The smallest absolute Gasteiger partial charge is 0.187 e. The first-order chi connectivity index (χ1) is 30.2. The van der Waals surface area contributed by atoms with Crippen molar-refractivity contribution in [2.75, 3.05) is 19.8 Å². The van der Waals surface area contributed by atoms with Gasteiger partial charge in [-0.25, -0.2) is 0 Å². The highest BCUT2D eigenvalue weighted by molar-refractivity contribution is 5.87. The number of carbonyl (C=O) groups is 1. The van der Waals surface area contributed by atoms with Gasteiger partial charge in [-0.3, -0.25) is 4.79 Å². The second-order valence-electron chi connectivity index (χ2n) is 20.9. The molecule has 366 valence electrons. The molecule has 3 saturated carbocycles. The van der Waals surface area contributed by atoms with Gasteiger partial charge in [0.2, 0.25) is 0 Å². The third kappa shape index (κ3) is 8.27. The molecular weight excluding hydrogens is 844 g/mol. The lowest BCUT2D eigenvalue weighted by molar-refractivity contribution is -0.359. The summed E-state index contributed by atoms with van der Waals surface area (Å²) in [4.78, 5) is 14.6. The SMILES string of the molecule is C[C@@H](CC[C@@]1(O)O[C@@H]2C[C@H]3[C@H]4CC=C5C[C@@H](O[C@@H]6O[C@H](C)[C@H](O[C@@H]7O[C@H](CO)[C@@H](O)[C@H](O)[C@H]7O)[C@H](O)[C@H]6O)CC[C@]5(C)[C@@H]4CC(=O)[C@]3(C)[C@@H]2[C@@H]1C)CO[C@@H]1O[C@H](CO)[C@@H](O)[C@H](O)[C@H]1O. The van der Waals surface area contributed by atoms with Crippen LogP contribution in [0.2, 0.25) is 0 Å². The topological polar surface area (TPSA) is 304 Å². The summed E-state index contributed by atoms with van der Waals surface area (Å²) in [5, 5.41) is 115. The van der Waals surface area contributed by atoms with E-state index in [0.29, 0.717) is 38.5 Å². The number of hydrogen-bond acceptors (Lipinski definition) is 19. The monoisotopic (exact) mass is 916 g/mol. The molecule has 4 aliphatic carbocycles. The number of fused-ring (bicyclic) bond motifs is 7. The first-order valence-electron chi connectivity index (χ1n) is 23.4. The fourth-order valence-electron chi connectivity index (χ4n) is 13.2. The minimum atomic E-state index is -1.70. The number of ketones is 1. The Morgan fingerprint density at radius 3 is 2.05 bits per heavy atom. The third-order valence-electron chi connectivity index (χ3n) is 17.2. The number of allylic oxidation sites excluding steroid dienone is 1. The van der Waals surface area contributed by atoms with Crippen LogP contribution in [-0.2, 0) is 38.0 Å². The molecule has 8 rings (SSSR count). The molecule has 19 nitrogen and oxygen atoms in total. The van der Waals surface area contributed by atoms with Crippen molar-refractivity contribution in [1.29, 1.82) is 0 Å². The van der Waals surface area contributed by atoms with Gasteiger partial charge < -0.3 is 89.3 Å². The second-order valence-corrected chi connectivity index (χ2v) is 20.9. The Labute approximate surface area is 373 Å². The molecule has 0 radical (unpaired) electrons. The molecule has 4 saturated heterocycles. The van der Waals surface area contributed by atoms with Crippen LogP contribution in [0, 0.1) is 46.3 Å². The molecule has 26 atom stereocenters. The molecule has 0 amide bonds. The molecule has 0 aromatic rings. The Kier molecular flexibility index (Phi) is 14.2. The van der Waals surface area contributed by atoms with Gasteiger partial charge in [0.25, 0.3) is 0 Å². The fourth-order valence-corrected chi connectivity index (χ4v) is 13.2. The van der Waals surface area contributed by atoms with Gasteiger partial charge in [-0.05, 0) is 74.5 Å². The molecule has 0 spiro atoms. The average molecular weight is 917 g/mol. The van der Waals surface area contributed by atoms with Crippen LogP contribution in [0.3, 0.4) is 0 Å². The molecule has 7 fully saturated rings. The molecule has 19 heteroatoms. The Morgan fingerprint density at radius 1 is 0.781 bits per heavy atom. The van der Waals surface area contributed by atoms with Crippen molar-refractivity contribution >= 4 is 5.78 Å². The van der Waals surface area contributed by atoms with Gasteiger partial charge in [0.05, 0.1) is 38.1 Å². The van der Waals surface area contributed by atoms with E-state index in [1.165, 1.54) is 5.57 Å². The van der Waals surface area contributed by atoms with Crippen molar-refractivity contribution in [2.24, 2.45) is 46.3 Å². The van der Waals surface area contributed by atoms with E-state index >= 15 is 0 Å². The zero-order valence-corrected chi connectivity index (χ0v) is 37.3. The van der Waals surface area contributed by atoms with Crippen LogP contribution in [0.15, 0.2) is 11.6 Å². The maximum Gasteiger partial charge on any atom is 0.187 e. The van der Waals surface area contributed by atoms with Crippen LogP contribution in [-0.4, -0.2) is 192 Å². The summed E-state index contributed by atoms with van der Waals surface area (Å²) in [6.07, 6.45) is -14.6. The number of ether oxygens (including phenoxy) is 7. The van der Waals surface area contributed by atoms with Gasteiger partial charge in [0, 0.05) is 30.1 Å². The number of carbonyl (C=O) groups excluding carboxylic acids is 1. The van der Waals surface area contributed by atoms with E-state index in [2.05, 4.69) is 19.9 Å². The lowest BCUT2D eigenvalue weighted by Crippen LogP contribution is -2.64. The number of aliphatic hydroxyl groups is 11. The number of Topliss-reactive ketones (excluding diaryl/α,β-unsaturated/α-hetero) is 1. The molecule has 0 aromatic carbocycles. The van der Waals surface area contributed by atoms with Crippen molar-refractivity contribution in [3.05, 3.63) is 11.6 Å². The maximum absolute atomic E-state index is 14.6. The predicted octanol–water partition coefficient (Wildman–Crippen LogP) is -1.65. The van der Waals surface area contributed by atoms with Crippen molar-refractivity contribution in [1.82, 2.24) is 0 Å². The van der Waals surface area contributed by atoms with Gasteiger partial charge in [-0.15, -0.1) is 0 Å². The summed E-state index contributed by atoms with van der Waals surface area (Å²) in [7, 11) is 0. The van der Waals surface area contributed by atoms with Crippen molar-refractivity contribution in [3.8, 4) is 0 Å². The fraction of sp³-hybridized carbons (Fsp3) is 0.933. The summed E-state index contributed by atoms with van der Waals surface area (Å²) in [6.45, 7) is 8.75. The number of hydrogen-bond donors (Lipinski definition) is 11. The average Bonchev–Trinajstić information content (AvgIpc) is 3.71. The largest absolute Gasteiger partial charge is 0.394 e. The van der Waals surface area contributed by atoms with E-state index in [1.54, 1.807) is 6.92 Å². The van der Waals surface area contributed by atoms with Gasteiger partial charge >= 0.3 is 0 Å². The highest BCUT2D eigenvalue weighted by Crippen LogP contribution is 2.69. The van der Waals surface area contributed by atoms with Crippen molar-refractivity contribution < 1.29 is 94.1 Å². The highest BCUT2D eigenvalue weighted by atomic mass is 16.7. The quantitative estimate of drug-likeness (QED) is 0.0978. The van der Waals surface area contributed by atoms with Crippen LogP contribution >= 0.6 is 0 Å². The third-order valence-corrected chi connectivity index (χ3v) is 17.2. The van der Waals surface area contributed by atoms with Gasteiger partial charge in [0.1, 0.15) is 72.9 Å². The van der Waals surface area contributed by atoms with E-state index in [1.807, 2.05) is 13.8 Å². The molecule has 4 aliphatic heterocycles. The zero-order chi connectivity index (χ0) is 46.4. The van der Waals surface area contributed by atoms with E-state index in [-0.39, 0.29) is 65.5 Å². The Bertz CT molecular complexity index is 1680. The summed E-state index contributed by atoms with van der Waals surface area (Å²) < 4.78 is 41.4. The predicted molar refractivity (Wildman–Crippen MR) is 218 cm³/mol. The van der Waals surface area contributed by atoms with Crippen molar-refractivity contribution in [3.63, 3.8) is 0 Å². The minimum Gasteiger partial charge on any atom is -0.394 e. The van der Waals surface area contributed by atoms with E-state index in [0.717, 1.165) is 12.8 Å². The van der Waals surface area contributed by atoms with Gasteiger partial charge in [-0.2, -0.15) is 0 Å². The Hall–Kier alpha value is -1.31. The molecule has 64 heavy (non-hydrogen) atoms. The summed E-state index contributed by atoms with van der Waals surface area (Å²) in [5.41, 5.74) is 0.263. The molecule has 0 unspecified atom stereocenters. The summed E-state index contributed by atoms with van der Waals surface area (Å²) >= 11 is 0. The van der Waals surface area contributed by atoms with Crippen LogP contribution in [0.5, 0.6) is 0 Å². The van der Waals surface area contributed by atoms with Crippen LogP contribution in [0.1, 0.15) is 86.0 Å². The molecule has 0 aromatic heterocycles. The van der Waals surface area contributed by atoms with E-state index in [9.17, 15) is 61.0 Å². The highest BCUT2D eigenvalue weighted by Gasteiger charge is 2.70. The first-order valence-corrected chi connectivity index (χ1v) is 23.4. The lowest BCUT2D eigenvalue weighted by Gasteiger charge is -2.57. The normalized spacial score (nSPS) is 54.4. The molecule has 8 aliphatic rings. The summed E-state index contributed by atoms with van der Waals surface area (Å²) in [5.74, 6) is -1.44. The van der Waals surface area contributed by atoms with Gasteiger partial charge in [0.15, 0.2) is 24.7 Å². The van der Waals surface area contributed by atoms with Crippen LogP contribution in [0.25, 0.3) is 0 Å². The number of rotatable bonds is 12. The van der Waals surface area contributed by atoms with Crippen LogP contribution < -0.4 is 0 Å². The lowest BCUT2D eigenvalue weighted by atomic mass is 9.46. The van der Waals surface area contributed by atoms with Gasteiger partial charge in [-0.1, -0.05) is 39.3 Å². The molecule has 4 heterocycles.